The van der Waals surface area contributed by atoms with Crippen molar-refractivity contribution in [3.05, 3.63) is 65.4 Å². The quantitative estimate of drug-likeness (QED) is 0.524. The number of benzene rings is 2. The fourth-order valence-electron chi connectivity index (χ4n) is 4.00. The molecule has 1 atom stereocenters. The van der Waals surface area contributed by atoms with Crippen molar-refractivity contribution < 1.29 is 23.2 Å². The Morgan fingerprint density at radius 2 is 1.91 bits per heavy atom. The monoisotopic (exact) mass is 466 g/mol. The molecule has 0 saturated carbocycles. The first-order valence-electron chi connectivity index (χ1n) is 10.9. The summed E-state index contributed by atoms with van der Waals surface area (Å²) in [7, 11) is 3.11. The van der Waals surface area contributed by atoms with Crippen LogP contribution in [0.4, 0.5) is 9.18 Å². The predicted octanol–water partition coefficient (Wildman–Crippen LogP) is 5.05. The zero-order valence-electron chi connectivity index (χ0n) is 19.8. The number of amides is 2. The number of methoxy groups -OCH3 is 2. The first kappa shape index (κ1) is 23.3. The van der Waals surface area contributed by atoms with Crippen LogP contribution in [-0.2, 0) is 0 Å². The smallest absolute Gasteiger partial charge is 0.322 e. The van der Waals surface area contributed by atoms with Crippen molar-refractivity contribution in [2.24, 2.45) is 5.92 Å². The van der Waals surface area contributed by atoms with Crippen molar-refractivity contribution in [1.82, 2.24) is 20.4 Å². The van der Waals surface area contributed by atoms with Gasteiger partial charge in [0, 0.05) is 17.8 Å². The number of nitrogens with zero attached hydrogens (tertiary/aromatic N) is 3. The number of aromatic nitrogens is 2. The van der Waals surface area contributed by atoms with Gasteiger partial charge in [0.1, 0.15) is 5.82 Å². The standard InChI is InChI=1S/C25H27FN4O4/c1-14(2)13-30-15(3)21(24-28-23(29-34-24)17-7-6-8-18(26)11-17)22(27-25(30)31)16-9-10-19(32-4)20(12-16)33-5/h6-12,14,22H,13H2,1-5H3,(H,27,31). The Labute approximate surface area is 197 Å². The third kappa shape index (κ3) is 4.46. The summed E-state index contributed by atoms with van der Waals surface area (Å²) >= 11 is 0. The molecule has 1 unspecified atom stereocenters. The van der Waals surface area contributed by atoms with Gasteiger partial charge < -0.3 is 19.3 Å². The molecule has 0 radical (unpaired) electrons. The van der Waals surface area contributed by atoms with Gasteiger partial charge in [-0.2, -0.15) is 4.98 Å². The molecule has 34 heavy (non-hydrogen) atoms. The molecule has 0 spiro atoms. The van der Waals surface area contributed by atoms with Crippen LogP contribution in [0.2, 0.25) is 0 Å². The van der Waals surface area contributed by atoms with Crippen molar-refractivity contribution in [3.63, 3.8) is 0 Å². The number of ether oxygens (including phenoxy) is 2. The van der Waals surface area contributed by atoms with E-state index in [2.05, 4.69) is 15.5 Å². The van der Waals surface area contributed by atoms with Gasteiger partial charge in [-0.3, -0.25) is 4.90 Å². The van der Waals surface area contributed by atoms with Crippen LogP contribution in [0.5, 0.6) is 11.5 Å². The van der Waals surface area contributed by atoms with Gasteiger partial charge in [0.2, 0.25) is 5.82 Å². The number of urea groups is 1. The molecule has 2 amide bonds. The number of carbonyl (C=O) groups excluding carboxylic acids is 1. The summed E-state index contributed by atoms with van der Waals surface area (Å²) in [6.07, 6.45) is 0. The van der Waals surface area contributed by atoms with Crippen LogP contribution in [0.1, 0.15) is 38.3 Å². The molecule has 0 saturated heterocycles. The minimum Gasteiger partial charge on any atom is -0.493 e. The summed E-state index contributed by atoms with van der Waals surface area (Å²) in [5.74, 6) is 1.45. The Morgan fingerprint density at radius 3 is 2.59 bits per heavy atom. The number of nitrogens with one attached hydrogen (secondary N) is 1. The molecule has 3 aromatic rings. The highest BCUT2D eigenvalue weighted by molar-refractivity contribution is 5.87. The maximum absolute atomic E-state index is 13.7. The van der Waals surface area contributed by atoms with Crippen LogP contribution in [0.25, 0.3) is 17.0 Å². The summed E-state index contributed by atoms with van der Waals surface area (Å²) in [5, 5.41) is 7.13. The molecule has 0 aliphatic carbocycles. The Morgan fingerprint density at radius 1 is 1.15 bits per heavy atom. The predicted molar refractivity (Wildman–Crippen MR) is 125 cm³/mol. The first-order chi connectivity index (χ1) is 16.3. The maximum atomic E-state index is 13.7. The summed E-state index contributed by atoms with van der Waals surface area (Å²) in [5.41, 5.74) is 2.61. The van der Waals surface area contributed by atoms with Gasteiger partial charge in [-0.05, 0) is 42.7 Å². The number of carbonyl (C=O) groups is 1. The van der Waals surface area contributed by atoms with Crippen molar-refractivity contribution in [2.45, 2.75) is 26.8 Å². The van der Waals surface area contributed by atoms with Crippen LogP contribution in [0, 0.1) is 11.7 Å². The Bertz CT molecular complexity index is 1240. The molecule has 9 heteroatoms. The molecule has 178 valence electrons. The Kier molecular flexibility index (Phi) is 6.54. The van der Waals surface area contributed by atoms with Gasteiger partial charge in [-0.1, -0.05) is 37.2 Å². The highest BCUT2D eigenvalue weighted by atomic mass is 19.1. The third-order valence-electron chi connectivity index (χ3n) is 5.62. The van der Waals surface area contributed by atoms with E-state index in [4.69, 9.17) is 14.0 Å². The van der Waals surface area contributed by atoms with E-state index in [-0.39, 0.29) is 23.7 Å². The van der Waals surface area contributed by atoms with E-state index in [0.717, 1.165) is 5.56 Å². The molecule has 1 aliphatic heterocycles. The molecule has 2 aromatic carbocycles. The van der Waals surface area contributed by atoms with Crippen LogP contribution in [0.3, 0.4) is 0 Å². The van der Waals surface area contributed by atoms with Crippen molar-refractivity contribution in [2.75, 3.05) is 20.8 Å². The number of hydrogen-bond acceptors (Lipinski definition) is 6. The molecule has 1 aromatic heterocycles. The van der Waals surface area contributed by atoms with Gasteiger partial charge in [-0.15, -0.1) is 0 Å². The summed E-state index contributed by atoms with van der Waals surface area (Å²) in [6.45, 7) is 6.45. The molecular weight excluding hydrogens is 439 g/mol. The molecule has 1 aliphatic rings. The number of allylic oxidation sites excluding steroid dienone is 1. The molecule has 0 bridgehead atoms. The molecule has 4 rings (SSSR count). The van der Waals surface area contributed by atoms with E-state index in [9.17, 15) is 9.18 Å². The van der Waals surface area contributed by atoms with Crippen LogP contribution in [0.15, 0.2) is 52.7 Å². The van der Waals surface area contributed by atoms with Crippen LogP contribution in [-0.4, -0.2) is 41.8 Å². The van der Waals surface area contributed by atoms with Gasteiger partial charge in [-0.25, -0.2) is 9.18 Å². The summed E-state index contributed by atoms with van der Waals surface area (Å²) in [6, 6.07) is 10.6. The molecular formula is C25H27FN4O4. The highest BCUT2D eigenvalue weighted by Gasteiger charge is 2.36. The van der Waals surface area contributed by atoms with Gasteiger partial charge in [0.05, 0.1) is 25.8 Å². The van der Waals surface area contributed by atoms with Crippen molar-refractivity contribution in [3.8, 4) is 22.9 Å². The normalized spacial score (nSPS) is 16.1. The second kappa shape index (κ2) is 9.54. The van der Waals surface area contributed by atoms with Crippen LogP contribution < -0.4 is 14.8 Å². The lowest BCUT2D eigenvalue weighted by Crippen LogP contribution is -2.47. The van der Waals surface area contributed by atoms with Gasteiger partial charge in [0.15, 0.2) is 11.5 Å². The van der Waals surface area contributed by atoms with E-state index in [0.29, 0.717) is 34.9 Å². The fourth-order valence-corrected chi connectivity index (χ4v) is 4.00. The largest absolute Gasteiger partial charge is 0.493 e. The van der Waals surface area contributed by atoms with E-state index >= 15 is 0 Å². The minimum absolute atomic E-state index is 0.223. The van der Waals surface area contributed by atoms with Crippen LogP contribution >= 0.6 is 0 Å². The van der Waals surface area contributed by atoms with Gasteiger partial charge in [0.25, 0.3) is 5.89 Å². The lowest BCUT2D eigenvalue weighted by molar-refractivity contribution is 0.199. The maximum Gasteiger partial charge on any atom is 0.322 e. The molecule has 2 heterocycles. The average molecular weight is 467 g/mol. The minimum atomic E-state index is -0.573. The molecule has 0 fully saturated rings. The molecule has 1 N–H and O–H groups in total. The van der Waals surface area contributed by atoms with Crippen molar-refractivity contribution >= 4 is 11.6 Å². The lowest BCUT2D eigenvalue weighted by atomic mass is 9.94. The van der Waals surface area contributed by atoms with E-state index in [1.165, 1.54) is 12.1 Å². The Balaban J connectivity index is 1.83. The topological polar surface area (TPSA) is 89.7 Å². The van der Waals surface area contributed by atoms with E-state index in [1.54, 1.807) is 43.4 Å². The average Bonchev–Trinajstić information content (AvgIpc) is 3.30. The first-order valence-corrected chi connectivity index (χ1v) is 10.9. The zero-order valence-corrected chi connectivity index (χ0v) is 19.8. The third-order valence-corrected chi connectivity index (χ3v) is 5.62. The lowest BCUT2D eigenvalue weighted by Gasteiger charge is -2.36. The SMILES string of the molecule is COc1ccc(C2NC(=O)N(CC(C)C)C(C)=C2c2nc(-c3cccc(F)c3)no2)cc1OC. The highest BCUT2D eigenvalue weighted by Crippen LogP contribution is 2.40. The number of halogens is 1. The second-order valence-corrected chi connectivity index (χ2v) is 8.43. The van der Waals surface area contributed by atoms with E-state index in [1.807, 2.05) is 26.8 Å². The summed E-state index contributed by atoms with van der Waals surface area (Å²) in [4.78, 5) is 19.3. The fraction of sp³-hybridized carbons (Fsp3) is 0.320. The Hall–Kier alpha value is -3.88. The number of rotatable bonds is 7. The zero-order chi connectivity index (χ0) is 24.4. The van der Waals surface area contributed by atoms with Gasteiger partial charge >= 0.3 is 6.03 Å². The number of hydrogen-bond donors (Lipinski definition) is 1. The molecule has 8 nitrogen and oxygen atoms in total. The van der Waals surface area contributed by atoms with Crippen molar-refractivity contribution in [1.29, 1.82) is 0 Å². The second-order valence-electron chi connectivity index (χ2n) is 8.43. The van der Waals surface area contributed by atoms with E-state index < -0.39 is 11.9 Å². The summed E-state index contributed by atoms with van der Waals surface area (Å²) < 4.78 is 30.2.